The van der Waals surface area contributed by atoms with Gasteiger partial charge in [0.05, 0.1) is 11.8 Å². The SMILES string of the molecule is CCc1cnc(C=O)nc1C1CCCCO1. The lowest BCUT2D eigenvalue weighted by Gasteiger charge is -2.23. The highest BCUT2D eigenvalue weighted by Gasteiger charge is 2.20. The molecule has 2 rings (SSSR count). The predicted molar refractivity (Wildman–Crippen MR) is 59.3 cm³/mol. The van der Waals surface area contributed by atoms with Gasteiger partial charge in [0.15, 0.2) is 12.1 Å². The average Bonchev–Trinajstić information content (AvgIpc) is 2.39. The zero-order chi connectivity index (χ0) is 11.4. The monoisotopic (exact) mass is 220 g/mol. The first-order valence-corrected chi connectivity index (χ1v) is 5.77. The normalized spacial score (nSPS) is 20.7. The molecule has 0 amide bonds. The number of aldehydes is 1. The summed E-state index contributed by atoms with van der Waals surface area (Å²) >= 11 is 0. The molecule has 1 atom stereocenters. The molecule has 0 radical (unpaired) electrons. The van der Waals surface area contributed by atoms with Crippen LogP contribution in [0.15, 0.2) is 6.20 Å². The maximum absolute atomic E-state index is 10.7. The van der Waals surface area contributed by atoms with Crippen molar-refractivity contribution in [3.63, 3.8) is 0 Å². The summed E-state index contributed by atoms with van der Waals surface area (Å²) in [5.41, 5.74) is 1.98. The number of hydrogen-bond acceptors (Lipinski definition) is 4. The number of nitrogens with zero attached hydrogens (tertiary/aromatic N) is 2. The van der Waals surface area contributed by atoms with Gasteiger partial charge in [0.25, 0.3) is 0 Å². The summed E-state index contributed by atoms with van der Waals surface area (Å²) in [6.45, 7) is 2.85. The minimum Gasteiger partial charge on any atom is -0.372 e. The molecule has 2 heterocycles. The Bertz CT molecular complexity index is 373. The lowest BCUT2D eigenvalue weighted by Crippen LogP contribution is -2.16. The summed E-state index contributed by atoms with van der Waals surface area (Å²) in [6, 6.07) is 0. The smallest absolute Gasteiger partial charge is 0.192 e. The van der Waals surface area contributed by atoms with Crippen LogP contribution in [0.2, 0.25) is 0 Å². The van der Waals surface area contributed by atoms with Crippen molar-refractivity contribution in [1.29, 1.82) is 0 Å². The number of aryl methyl sites for hydroxylation is 1. The lowest BCUT2D eigenvalue weighted by atomic mass is 10.0. The number of rotatable bonds is 3. The molecular formula is C12H16N2O2. The summed E-state index contributed by atoms with van der Waals surface area (Å²) in [4.78, 5) is 18.9. The third-order valence-corrected chi connectivity index (χ3v) is 2.89. The van der Waals surface area contributed by atoms with Gasteiger partial charge in [0, 0.05) is 12.8 Å². The second kappa shape index (κ2) is 5.16. The number of carbonyl (C=O) groups excluding carboxylic acids is 1. The lowest BCUT2D eigenvalue weighted by molar-refractivity contribution is 0.0116. The van der Waals surface area contributed by atoms with E-state index in [0.29, 0.717) is 6.29 Å². The van der Waals surface area contributed by atoms with Gasteiger partial charge in [-0.15, -0.1) is 0 Å². The Morgan fingerprint density at radius 1 is 1.56 bits per heavy atom. The van der Waals surface area contributed by atoms with Crippen molar-refractivity contribution in [1.82, 2.24) is 9.97 Å². The van der Waals surface area contributed by atoms with E-state index in [1.54, 1.807) is 6.20 Å². The van der Waals surface area contributed by atoms with Crippen molar-refractivity contribution < 1.29 is 9.53 Å². The highest BCUT2D eigenvalue weighted by atomic mass is 16.5. The van der Waals surface area contributed by atoms with Crippen molar-refractivity contribution in [2.75, 3.05) is 6.61 Å². The van der Waals surface area contributed by atoms with Gasteiger partial charge in [-0.1, -0.05) is 6.92 Å². The number of ether oxygens (including phenoxy) is 1. The van der Waals surface area contributed by atoms with E-state index < -0.39 is 0 Å². The van der Waals surface area contributed by atoms with E-state index in [9.17, 15) is 4.79 Å². The van der Waals surface area contributed by atoms with E-state index in [4.69, 9.17) is 4.74 Å². The highest BCUT2D eigenvalue weighted by Crippen LogP contribution is 2.28. The Kier molecular flexibility index (Phi) is 3.62. The quantitative estimate of drug-likeness (QED) is 0.732. The van der Waals surface area contributed by atoms with Gasteiger partial charge in [-0.2, -0.15) is 0 Å². The van der Waals surface area contributed by atoms with E-state index in [2.05, 4.69) is 16.9 Å². The van der Waals surface area contributed by atoms with Gasteiger partial charge >= 0.3 is 0 Å². The van der Waals surface area contributed by atoms with Crippen molar-refractivity contribution in [2.24, 2.45) is 0 Å². The van der Waals surface area contributed by atoms with Crippen molar-refractivity contribution in [2.45, 2.75) is 38.7 Å². The summed E-state index contributed by atoms with van der Waals surface area (Å²) in [7, 11) is 0. The second-order valence-corrected chi connectivity index (χ2v) is 3.97. The van der Waals surface area contributed by atoms with Gasteiger partial charge < -0.3 is 4.74 Å². The first-order valence-electron chi connectivity index (χ1n) is 5.77. The molecule has 16 heavy (non-hydrogen) atoms. The first kappa shape index (κ1) is 11.2. The van der Waals surface area contributed by atoms with Crippen LogP contribution < -0.4 is 0 Å². The van der Waals surface area contributed by atoms with Gasteiger partial charge in [-0.3, -0.25) is 4.79 Å². The third-order valence-electron chi connectivity index (χ3n) is 2.89. The number of aromatic nitrogens is 2. The number of hydrogen-bond donors (Lipinski definition) is 0. The molecule has 1 aliphatic heterocycles. The van der Waals surface area contributed by atoms with E-state index in [1.807, 2.05) is 0 Å². The molecule has 0 saturated carbocycles. The van der Waals surface area contributed by atoms with Crippen molar-refractivity contribution >= 4 is 6.29 Å². The van der Waals surface area contributed by atoms with E-state index in [0.717, 1.165) is 43.5 Å². The van der Waals surface area contributed by atoms with Gasteiger partial charge in [-0.25, -0.2) is 9.97 Å². The standard InChI is InChI=1S/C12H16N2O2/c1-2-9-7-13-11(8-15)14-12(9)10-5-3-4-6-16-10/h7-8,10H,2-6H2,1H3. The second-order valence-electron chi connectivity index (χ2n) is 3.97. The summed E-state index contributed by atoms with van der Waals surface area (Å²) in [5, 5.41) is 0. The van der Waals surface area contributed by atoms with Crippen LogP contribution in [-0.4, -0.2) is 22.9 Å². The van der Waals surface area contributed by atoms with E-state index >= 15 is 0 Å². The van der Waals surface area contributed by atoms with Crippen molar-refractivity contribution in [3.05, 3.63) is 23.3 Å². The van der Waals surface area contributed by atoms with Crippen LogP contribution in [0.25, 0.3) is 0 Å². The minimum absolute atomic E-state index is 0.0467. The van der Waals surface area contributed by atoms with Crippen LogP contribution in [0.5, 0.6) is 0 Å². The van der Waals surface area contributed by atoms with Crippen LogP contribution in [0.1, 0.15) is 54.2 Å². The molecule has 1 aliphatic rings. The molecule has 1 unspecified atom stereocenters. The summed E-state index contributed by atoms with van der Waals surface area (Å²) in [5.74, 6) is 0.251. The third kappa shape index (κ3) is 2.27. The predicted octanol–water partition coefficient (Wildman–Crippen LogP) is 2.09. The maximum Gasteiger partial charge on any atom is 0.192 e. The van der Waals surface area contributed by atoms with Crippen molar-refractivity contribution in [3.8, 4) is 0 Å². The first-order chi connectivity index (χ1) is 7.85. The van der Waals surface area contributed by atoms with Crippen LogP contribution in [0, 0.1) is 0 Å². The fraction of sp³-hybridized carbons (Fsp3) is 0.583. The molecule has 1 aromatic rings. The molecule has 4 heteroatoms. The fourth-order valence-electron chi connectivity index (χ4n) is 2.00. The van der Waals surface area contributed by atoms with Crippen LogP contribution >= 0.6 is 0 Å². The van der Waals surface area contributed by atoms with Crippen LogP contribution in [-0.2, 0) is 11.2 Å². The summed E-state index contributed by atoms with van der Waals surface area (Å²) < 4.78 is 5.70. The van der Waals surface area contributed by atoms with E-state index in [-0.39, 0.29) is 11.9 Å². The summed E-state index contributed by atoms with van der Waals surface area (Å²) in [6.07, 6.45) is 6.61. The average molecular weight is 220 g/mol. The van der Waals surface area contributed by atoms with Crippen LogP contribution in [0.4, 0.5) is 0 Å². The Morgan fingerprint density at radius 2 is 2.44 bits per heavy atom. The minimum atomic E-state index is 0.0467. The largest absolute Gasteiger partial charge is 0.372 e. The number of carbonyl (C=O) groups is 1. The molecular weight excluding hydrogens is 204 g/mol. The Labute approximate surface area is 95.1 Å². The topological polar surface area (TPSA) is 52.1 Å². The Balaban J connectivity index is 2.31. The zero-order valence-electron chi connectivity index (χ0n) is 9.48. The molecule has 86 valence electrons. The molecule has 0 N–H and O–H groups in total. The molecule has 0 aromatic carbocycles. The zero-order valence-corrected chi connectivity index (χ0v) is 9.48. The molecule has 1 aromatic heterocycles. The Hall–Kier alpha value is -1.29. The van der Waals surface area contributed by atoms with Gasteiger partial charge in [0.1, 0.15) is 0 Å². The van der Waals surface area contributed by atoms with Crippen LogP contribution in [0.3, 0.4) is 0 Å². The van der Waals surface area contributed by atoms with Gasteiger partial charge in [0.2, 0.25) is 0 Å². The fourth-order valence-corrected chi connectivity index (χ4v) is 2.00. The Morgan fingerprint density at radius 3 is 3.06 bits per heavy atom. The molecule has 0 bridgehead atoms. The molecule has 0 aliphatic carbocycles. The maximum atomic E-state index is 10.7. The van der Waals surface area contributed by atoms with Gasteiger partial charge in [-0.05, 0) is 31.2 Å². The molecule has 1 saturated heterocycles. The molecule has 1 fully saturated rings. The molecule has 4 nitrogen and oxygen atoms in total. The highest BCUT2D eigenvalue weighted by molar-refractivity contribution is 5.68. The van der Waals surface area contributed by atoms with E-state index in [1.165, 1.54) is 0 Å². The molecule has 0 spiro atoms.